The van der Waals surface area contributed by atoms with E-state index in [4.69, 9.17) is 4.74 Å². The monoisotopic (exact) mass is 875 g/mol. The van der Waals surface area contributed by atoms with Gasteiger partial charge in [0.1, 0.15) is 11.5 Å². The Labute approximate surface area is 330 Å². The van der Waals surface area contributed by atoms with E-state index in [1.807, 2.05) is 54.7 Å². The summed E-state index contributed by atoms with van der Waals surface area (Å²) in [5.41, 5.74) is 7.62. The van der Waals surface area contributed by atoms with Crippen LogP contribution >= 0.6 is 0 Å². The number of aromatic nitrogens is 2. The maximum atomic E-state index is 5.93. The van der Waals surface area contributed by atoms with Crippen LogP contribution in [0.15, 0.2) is 176 Å². The molecular weight excluding hydrogens is 837 g/mol. The van der Waals surface area contributed by atoms with E-state index < -0.39 is 0 Å². The minimum absolute atomic E-state index is 0. The van der Waals surface area contributed by atoms with Crippen LogP contribution in [-0.4, -0.2) is 9.97 Å². The van der Waals surface area contributed by atoms with E-state index in [-0.39, 0.29) is 25.5 Å². The second-order valence-corrected chi connectivity index (χ2v) is 14.1. The molecule has 2 aromatic heterocycles. The van der Waals surface area contributed by atoms with Gasteiger partial charge in [0.15, 0.2) is 0 Å². The van der Waals surface area contributed by atoms with E-state index in [9.17, 15) is 0 Å². The predicted molar refractivity (Wildman–Crippen MR) is 220 cm³/mol. The number of benzene rings is 7. The van der Waals surface area contributed by atoms with Crippen LogP contribution in [0, 0.1) is 12.1 Å². The van der Waals surface area contributed by atoms with Crippen molar-refractivity contribution < 1.29 is 24.8 Å². The zero-order valence-corrected chi connectivity index (χ0v) is 32.8. The summed E-state index contributed by atoms with van der Waals surface area (Å²) in [5.74, 6) is 1.57. The van der Waals surface area contributed by atoms with Crippen LogP contribution in [0.5, 0.6) is 11.5 Å². The average Bonchev–Trinajstić information content (AvgIpc) is 3.21. The van der Waals surface area contributed by atoms with Gasteiger partial charge in [0.2, 0.25) is 0 Å². The fraction of sp³-hybridized carbons (Fsp3) is 0.0800. The van der Waals surface area contributed by atoms with Gasteiger partial charge in [-0.3, -0.25) is 0 Å². The molecule has 0 aliphatic heterocycles. The van der Waals surface area contributed by atoms with Crippen LogP contribution < -0.4 is 4.74 Å². The molecule has 1 radical (unpaired) electrons. The van der Waals surface area contributed by atoms with Crippen molar-refractivity contribution in [2.75, 3.05) is 0 Å². The van der Waals surface area contributed by atoms with Crippen LogP contribution in [0.1, 0.15) is 26.3 Å². The Hall–Kier alpha value is -5.93. The summed E-state index contributed by atoms with van der Waals surface area (Å²) in [6.07, 6.45) is 3.66. The first kappa shape index (κ1) is 36.4. The molecule has 54 heavy (non-hydrogen) atoms. The zero-order valence-electron chi connectivity index (χ0n) is 30.4. The van der Waals surface area contributed by atoms with E-state index in [1.165, 1.54) is 49.0 Å². The molecule has 9 rings (SSSR count). The summed E-state index contributed by atoms with van der Waals surface area (Å²) in [6.45, 7) is 6.68. The van der Waals surface area contributed by atoms with Crippen molar-refractivity contribution in [2.45, 2.75) is 26.2 Å². The maximum Gasteiger partial charge on any atom is 0.127 e. The molecule has 0 N–H and O–H groups in total. The molecule has 2 heterocycles. The molecule has 0 saturated carbocycles. The maximum absolute atomic E-state index is 5.93. The smallest absolute Gasteiger partial charge is 0.127 e. The van der Waals surface area contributed by atoms with Crippen LogP contribution in [0.25, 0.3) is 66.0 Å². The quantitative estimate of drug-likeness (QED) is 0.128. The van der Waals surface area contributed by atoms with Crippen molar-refractivity contribution in [3.8, 4) is 45.1 Å². The Bertz CT molecular complexity index is 2690. The van der Waals surface area contributed by atoms with Gasteiger partial charge >= 0.3 is 0 Å². The molecule has 3 nitrogen and oxygen atoms in total. The molecule has 0 fully saturated rings. The molecule has 265 valence electrons. The number of hydrogen-bond acceptors (Lipinski definition) is 3. The van der Waals surface area contributed by atoms with Crippen LogP contribution in [-0.2, 0) is 25.5 Å². The average molecular weight is 875 g/mol. The number of fused-ring (bicyclic) bond motifs is 4. The second kappa shape index (κ2) is 16.0. The van der Waals surface area contributed by atoms with Gasteiger partial charge in [-0.15, -0.1) is 64.5 Å². The summed E-state index contributed by atoms with van der Waals surface area (Å²) in [5, 5.41) is 7.38. The molecule has 0 aliphatic rings. The summed E-state index contributed by atoms with van der Waals surface area (Å²) >= 11 is 0. The first-order valence-electron chi connectivity index (χ1n) is 17.9. The molecule has 4 heteroatoms. The SMILES string of the molecule is CC(C)(C)c1cc[c-]c(-c2cc(-c3cccc4ccccc34)ccn2)c1.[Ir].[c-]1cc2c(ccc3ccccc32)cc1-c1cc(Oc2ccccc2)ccn1. The molecule has 0 unspecified atom stereocenters. The van der Waals surface area contributed by atoms with Crippen molar-refractivity contribution in [1.29, 1.82) is 0 Å². The first-order chi connectivity index (χ1) is 25.9. The predicted octanol–water partition coefficient (Wildman–Crippen LogP) is 13.3. The summed E-state index contributed by atoms with van der Waals surface area (Å²) in [7, 11) is 0. The molecule has 0 aliphatic carbocycles. The Morgan fingerprint density at radius 2 is 1.15 bits per heavy atom. The zero-order chi connectivity index (χ0) is 36.2. The van der Waals surface area contributed by atoms with Crippen molar-refractivity contribution in [2.24, 2.45) is 0 Å². The summed E-state index contributed by atoms with van der Waals surface area (Å²) in [4.78, 5) is 9.12. The Balaban J connectivity index is 0.000000164. The van der Waals surface area contributed by atoms with Crippen molar-refractivity contribution >= 4 is 32.3 Å². The number of rotatable bonds is 5. The Kier molecular flexibility index (Phi) is 10.8. The Morgan fingerprint density at radius 3 is 1.94 bits per heavy atom. The van der Waals surface area contributed by atoms with Gasteiger partial charge in [-0.2, -0.15) is 0 Å². The topological polar surface area (TPSA) is 35.0 Å². The van der Waals surface area contributed by atoms with E-state index in [2.05, 4.69) is 158 Å². The van der Waals surface area contributed by atoms with Gasteiger partial charge < -0.3 is 14.7 Å². The third-order valence-electron chi connectivity index (χ3n) is 9.47. The fourth-order valence-electron chi connectivity index (χ4n) is 6.64. The van der Waals surface area contributed by atoms with Crippen LogP contribution in [0.3, 0.4) is 0 Å². The van der Waals surface area contributed by atoms with Gasteiger partial charge in [-0.25, -0.2) is 0 Å². The van der Waals surface area contributed by atoms with Gasteiger partial charge in [-0.1, -0.05) is 135 Å². The number of pyridine rings is 2. The fourth-order valence-corrected chi connectivity index (χ4v) is 6.64. The number of nitrogens with zero attached hydrogens (tertiary/aromatic N) is 2. The van der Waals surface area contributed by atoms with E-state index in [1.54, 1.807) is 6.20 Å². The van der Waals surface area contributed by atoms with Gasteiger partial charge in [0.05, 0.1) is 0 Å². The molecule has 9 aromatic rings. The number of ether oxygens (including phenoxy) is 1. The van der Waals surface area contributed by atoms with E-state index in [0.717, 1.165) is 34.0 Å². The number of hydrogen-bond donors (Lipinski definition) is 0. The second-order valence-electron chi connectivity index (χ2n) is 14.1. The summed E-state index contributed by atoms with van der Waals surface area (Å²) in [6, 6.07) is 62.8. The Morgan fingerprint density at radius 1 is 0.500 bits per heavy atom. The van der Waals surface area contributed by atoms with Crippen LogP contribution in [0.2, 0.25) is 0 Å². The van der Waals surface area contributed by atoms with E-state index in [0.29, 0.717) is 0 Å². The molecule has 0 saturated heterocycles. The minimum Gasteiger partial charge on any atom is -0.458 e. The van der Waals surface area contributed by atoms with Gasteiger partial charge in [0.25, 0.3) is 0 Å². The minimum atomic E-state index is 0. The number of para-hydroxylation sites is 1. The third kappa shape index (κ3) is 8.01. The van der Waals surface area contributed by atoms with Crippen molar-refractivity contribution in [1.82, 2.24) is 9.97 Å². The normalized spacial score (nSPS) is 11.1. The third-order valence-corrected chi connectivity index (χ3v) is 9.47. The van der Waals surface area contributed by atoms with E-state index >= 15 is 0 Å². The molecule has 0 spiro atoms. The standard InChI is InChI=1S/C25H16NO.C25H22N.Ir/c1-2-7-21(8-3-1)27-22-14-15-26-25(17-22)20-12-13-24-19(16-20)11-10-18-6-4-5-9-23(18)24;1-25(2,3)21-11-6-10-20(16-21)24-17-19(14-15-26-24)23-13-7-9-18-8-4-5-12-22(18)23;/h1-11,13-17H;4-9,11-17H,1-3H3;/q2*-1;. The molecule has 7 aromatic carbocycles. The van der Waals surface area contributed by atoms with Crippen LogP contribution in [0.4, 0.5) is 0 Å². The summed E-state index contributed by atoms with van der Waals surface area (Å²) < 4.78 is 5.93. The molecular formula is C50H38IrN2O-2. The molecule has 0 amide bonds. The van der Waals surface area contributed by atoms with Gasteiger partial charge in [0, 0.05) is 32.5 Å². The van der Waals surface area contributed by atoms with Crippen molar-refractivity contribution in [3.63, 3.8) is 0 Å². The first-order valence-corrected chi connectivity index (χ1v) is 17.9. The van der Waals surface area contributed by atoms with Gasteiger partial charge in [-0.05, 0) is 74.4 Å². The molecule has 0 bridgehead atoms. The van der Waals surface area contributed by atoms with Crippen molar-refractivity contribution in [3.05, 3.63) is 194 Å². The molecule has 0 atom stereocenters. The largest absolute Gasteiger partial charge is 0.458 e.